The number of phenolic OH excluding ortho intramolecular Hbond substituents is 1. The number of nitrogens with two attached hydrogens (primary N) is 1. The summed E-state index contributed by atoms with van der Waals surface area (Å²) in [4.78, 5) is 63.5. The van der Waals surface area contributed by atoms with Crippen LogP contribution in [-0.2, 0) is 27.3 Å². The summed E-state index contributed by atoms with van der Waals surface area (Å²) < 4.78 is 5.84. The molecule has 6 rings (SSSR count). The van der Waals surface area contributed by atoms with Gasteiger partial charge in [-0.3, -0.25) is 34.2 Å². The number of amides is 5. The van der Waals surface area contributed by atoms with Gasteiger partial charge < -0.3 is 26.2 Å². The number of benzene rings is 3. The number of rotatable bonds is 14. The number of nitrogens with zero attached hydrogens (tertiary/aromatic N) is 3. The molecule has 1 saturated heterocycles. The first-order valence-corrected chi connectivity index (χ1v) is 16.7. The van der Waals surface area contributed by atoms with Crippen LogP contribution >= 0.6 is 0 Å². The highest BCUT2D eigenvalue weighted by molar-refractivity contribution is 6.24. The number of para-hydroxylation sites is 1. The van der Waals surface area contributed by atoms with Gasteiger partial charge in [-0.25, -0.2) is 0 Å². The van der Waals surface area contributed by atoms with Gasteiger partial charge in [-0.1, -0.05) is 42.5 Å². The Morgan fingerprint density at radius 1 is 0.941 bits per heavy atom. The summed E-state index contributed by atoms with van der Waals surface area (Å²) in [6, 6.07) is 20.3. The van der Waals surface area contributed by atoms with Gasteiger partial charge >= 0.3 is 0 Å². The Bertz CT molecular complexity index is 1980. The molecule has 5 amide bonds. The number of anilines is 2. The molecule has 3 aromatic carbocycles. The highest BCUT2D eigenvalue weighted by atomic mass is 16.5. The second-order valence-electron chi connectivity index (χ2n) is 12.2. The van der Waals surface area contributed by atoms with E-state index in [0.717, 1.165) is 22.4 Å². The Morgan fingerprint density at radius 3 is 2.49 bits per heavy atom. The molecular formula is C37H37N7O7. The summed E-state index contributed by atoms with van der Waals surface area (Å²) in [5, 5.41) is 26.7. The number of nitrogens with one attached hydrogen (secondary N) is 3. The molecule has 0 bridgehead atoms. The maximum atomic E-state index is 13.2. The summed E-state index contributed by atoms with van der Waals surface area (Å²) in [5.41, 5.74) is 10.0. The molecule has 1 unspecified atom stereocenters. The van der Waals surface area contributed by atoms with E-state index in [-0.39, 0.29) is 53.8 Å². The van der Waals surface area contributed by atoms with Crippen molar-refractivity contribution in [3.8, 4) is 22.8 Å². The molecular weight excluding hydrogens is 654 g/mol. The minimum absolute atomic E-state index is 0.0413. The smallest absolute Gasteiger partial charge is 0.266 e. The van der Waals surface area contributed by atoms with Crippen LogP contribution in [0, 0.1) is 0 Å². The highest BCUT2D eigenvalue weighted by Crippen LogP contribution is 2.34. The molecule has 0 spiro atoms. The quantitative estimate of drug-likeness (QED) is 0.0958. The second-order valence-corrected chi connectivity index (χ2v) is 12.2. The molecule has 14 heteroatoms. The van der Waals surface area contributed by atoms with Gasteiger partial charge in [0.2, 0.25) is 17.7 Å². The standard InChI is InChI=1S/C37H37N7O7/c38-34-27(20-26(42-43-34)24-6-1-2-8-29(24)45)39-18-17-22-11-13-23(14-12-22)21-40-31(46)10-3-4-19-51-30-9-5-7-25-33(30)37(50)44(36(25)49)28-15-16-32(47)41-35(28)48/h1-2,5-9,11-14,20,28,45H,3-4,10,15-19,21H2,(H2,38,43)(H,39,42)(H,40,46)(H,41,47,48). The predicted molar refractivity (Wildman–Crippen MR) is 186 cm³/mol. The number of hydrogen-bond acceptors (Lipinski definition) is 11. The molecule has 2 aliphatic rings. The fourth-order valence-electron chi connectivity index (χ4n) is 5.99. The van der Waals surface area contributed by atoms with Crippen molar-refractivity contribution in [2.45, 2.75) is 51.1 Å². The van der Waals surface area contributed by atoms with Crippen LogP contribution in [0.25, 0.3) is 11.3 Å². The first kappa shape index (κ1) is 34.5. The molecule has 3 heterocycles. The molecule has 0 aliphatic carbocycles. The van der Waals surface area contributed by atoms with Crippen LogP contribution in [0.2, 0.25) is 0 Å². The third kappa shape index (κ3) is 7.96. The number of aromatic nitrogens is 2. The largest absolute Gasteiger partial charge is 0.507 e. The van der Waals surface area contributed by atoms with Crippen molar-refractivity contribution >= 4 is 41.0 Å². The zero-order valence-electron chi connectivity index (χ0n) is 27.7. The summed E-state index contributed by atoms with van der Waals surface area (Å²) in [5.74, 6) is -1.82. The molecule has 4 aromatic rings. The first-order valence-electron chi connectivity index (χ1n) is 16.7. The Hall–Kier alpha value is -6.31. The number of aromatic hydroxyl groups is 1. The maximum Gasteiger partial charge on any atom is 0.266 e. The van der Waals surface area contributed by atoms with Crippen molar-refractivity contribution in [2.24, 2.45) is 0 Å². The van der Waals surface area contributed by atoms with Crippen molar-refractivity contribution in [2.75, 3.05) is 24.2 Å². The molecule has 14 nitrogen and oxygen atoms in total. The number of fused-ring (bicyclic) bond motifs is 1. The normalized spacial score (nSPS) is 15.4. The van der Waals surface area contributed by atoms with Gasteiger partial charge in [-0.05, 0) is 67.1 Å². The fraction of sp³-hybridized carbons (Fsp3) is 0.270. The third-order valence-electron chi connectivity index (χ3n) is 8.73. The summed E-state index contributed by atoms with van der Waals surface area (Å²) >= 11 is 0. The lowest BCUT2D eigenvalue weighted by molar-refractivity contribution is -0.136. The van der Waals surface area contributed by atoms with Crippen LogP contribution in [0.1, 0.15) is 63.9 Å². The Kier molecular flexibility index (Phi) is 10.5. The minimum Gasteiger partial charge on any atom is -0.507 e. The average molecular weight is 692 g/mol. The summed E-state index contributed by atoms with van der Waals surface area (Å²) in [7, 11) is 0. The third-order valence-corrected chi connectivity index (χ3v) is 8.73. The van der Waals surface area contributed by atoms with Crippen molar-refractivity contribution in [1.29, 1.82) is 0 Å². The lowest BCUT2D eigenvalue weighted by Crippen LogP contribution is -2.54. The predicted octanol–water partition coefficient (Wildman–Crippen LogP) is 3.35. The van der Waals surface area contributed by atoms with Crippen LogP contribution in [0.4, 0.5) is 11.5 Å². The van der Waals surface area contributed by atoms with Gasteiger partial charge in [0.15, 0.2) is 5.82 Å². The number of ether oxygens (including phenoxy) is 1. The number of hydrogen-bond donors (Lipinski definition) is 5. The molecule has 2 aliphatic heterocycles. The van der Waals surface area contributed by atoms with Crippen LogP contribution in [0.3, 0.4) is 0 Å². The van der Waals surface area contributed by atoms with Crippen molar-refractivity contribution in [3.63, 3.8) is 0 Å². The van der Waals surface area contributed by atoms with E-state index in [4.69, 9.17) is 10.5 Å². The van der Waals surface area contributed by atoms with E-state index in [0.29, 0.717) is 49.3 Å². The van der Waals surface area contributed by atoms with Crippen LogP contribution < -0.4 is 26.4 Å². The molecule has 1 atom stereocenters. The topological polar surface area (TPSA) is 206 Å². The van der Waals surface area contributed by atoms with Crippen molar-refractivity contribution < 1.29 is 33.8 Å². The van der Waals surface area contributed by atoms with E-state index in [9.17, 15) is 29.1 Å². The number of nitrogen functional groups attached to an aromatic ring is 1. The Labute approximate surface area is 293 Å². The average Bonchev–Trinajstić information content (AvgIpc) is 3.38. The number of carbonyl (C=O) groups excluding carboxylic acids is 5. The van der Waals surface area contributed by atoms with E-state index in [1.807, 2.05) is 30.3 Å². The SMILES string of the molecule is Nc1nnc(-c2ccccc2O)cc1NCCc1ccc(CNC(=O)CCCCOc2cccc3c2C(=O)N(C2CCC(=O)NC2=O)C3=O)cc1. The number of carbonyl (C=O) groups is 5. The van der Waals surface area contributed by atoms with E-state index < -0.39 is 29.7 Å². The number of phenols is 1. The fourth-order valence-corrected chi connectivity index (χ4v) is 5.99. The summed E-state index contributed by atoms with van der Waals surface area (Å²) in [6.07, 6.45) is 2.21. The zero-order valence-corrected chi connectivity index (χ0v) is 27.7. The van der Waals surface area contributed by atoms with Gasteiger partial charge in [0.1, 0.15) is 17.5 Å². The Balaban J connectivity index is 0.903. The van der Waals surface area contributed by atoms with Gasteiger partial charge in [-0.2, -0.15) is 0 Å². The van der Waals surface area contributed by atoms with Crippen molar-refractivity contribution in [1.82, 2.24) is 25.7 Å². The van der Waals surface area contributed by atoms with E-state index >= 15 is 0 Å². The van der Waals surface area contributed by atoms with E-state index in [2.05, 4.69) is 26.1 Å². The van der Waals surface area contributed by atoms with Gasteiger partial charge in [0, 0.05) is 31.5 Å². The molecule has 1 aromatic heterocycles. The first-order chi connectivity index (χ1) is 24.7. The zero-order chi connectivity index (χ0) is 35.9. The van der Waals surface area contributed by atoms with Crippen LogP contribution in [0.15, 0.2) is 72.8 Å². The molecule has 0 radical (unpaired) electrons. The lowest BCUT2D eigenvalue weighted by Gasteiger charge is -2.27. The van der Waals surface area contributed by atoms with Crippen LogP contribution in [-0.4, -0.2) is 68.9 Å². The molecule has 51 heavy (non-hydrogen) atoms. The van der Waals surface area contributed by atoms with Gasteiger partial charge in [-0.15, -0.1) is 10.2 Å². The van der Waals surface area contributed by atoms with Gasteiger partial charge in [0.25, 0.3) is 11.8 Å². The lowest BCUT2D eigenvalue weighted by atomic mass is 10.0. The van der Waals surface area contributed by atoms with Crippen LogP contribution in [0.5, 0.6) is 11.5 Å². The monoisotopic (exact) mass is 691 g/mol. The molecule has 262 valence electrons. The van der Waals surface area contributed by atoms with Crippen molar-refractivity contribution in [3.05, 3.63) is 95.1 Å². The molecule has 6 N–H and O–H groups in total. The molecule has 0 saturated carbocycles. The summed E-state index contributed by atoms with van der Waals surface area (Å²) in [6.45, 7) is 1.21. The minimum atomic E-state index is -1.05. The number of unbranched alkanes of at least 4 members (excludes halogenated alkanes) is 1. The molecule has 1 fully saturated rings. The van der Waals surface area contributed by atoms with E-state index in [1.54, 1.807) is 36.4 Å². The number of imide groups is 2. The number of piperidine rings is 1. The van der Waals surface area contributed by atoms with E-state index in [1.165, 1.54) is 6.07 Å². The maximum absolute atomic E-state index is 13.2. The Morgan fingerprint density at radius 2 is 1.71 bits per heavy atom. The van der Waals surface area contributed by atoms with Gasteiger partial charge in [0.05, 0.1) is 29.1 Å². The highest BCUT2D eigenvalue weighted by Gasteiger charge is 2.46. The second kappa shape index (κ2) is 15.5.